The summed E-state index contributed by atoms with van der Waals surface area (Å²) in [5, 5.41) is 12.0. The smallest absolute Gasteiger partial charge is 0.129 e. The molecule has 0 saturated heterocycles. The van der Waals surface area contributed by atoms with Crippen molar-refractivity contribution in [2.24, 2.45) is 0 Å². The maximum Gasteiger partial charge on any atom is 0.129 e. The Bertz CT molecular complexity index is 516. The normalized spacial score (nSPS) is 12.0. The van der Waals surface area contributed by atoms with Crippen LogP contribution in [0.3, 0.4) is 0 Å². The molecule has 2 aromatic rings. The lowest BCUT2D eigenvalue weighted by Crippen LogP contribution is -2.20. The van der Waals surface area contributed by atoms with Crippen molar-refractivity contribution in [3.8, 4) is 6.07 Å². The Labute approximate surface area is 98.5 Å². The van der Waals surface area contributed by atoms with Crippen molar-refractivity contribution in [1.29, 1.82) is 5.26 Å². The highest BCUT2D eigenvalue weighted by molar-refractivity contribution is 5.25. The largest absolute Gasteiger partial charge is 0.468 e. The lowest BCUT2D eigenvalue weighted by molar-refractivity contribution is 0.468. The van der Waals surface area contributed by atoms with Crippen molar-refractivity contribution >= 4 is 0 Å². The molecule has 4 heteroatoms. The van der Waals surface area contributed by atoms with Crippen LogP contribution in [-0.2, 0) is 6.54 Å². The van der Waals surface area contributed by atoms with Crippen LogP contribution in [-0.4, -0.2) is 0 Å². The van der Waals surface area contributed by atoms with Crippen LogP contribution in [0.5, 0.6) is 0 Å². The van der Waals surface area contributed by atoms with Crippen LogP contribution in [0.25, 0.3) is 0 Å². The minimum absolute atomic E-state index is 0.349. The molecule has 0 bridgehead atoms. The quantitative estimate of drug-likeness (QED) is 0.878. The zero-order chi connectivity index (χ0) is 12.1. The third-order valence-electron chi connectivity index (χ3n) is 2.41. The number of nitrogens with one attached hydrogen (secondary N) is 1. The average Bonchev–Trinajstić information content (AvgIpc) is 2.85. The van der Waals surface area contributed by atoms with Gasteiger partial charge in [0.15, 0.2) is 0 Å². The number of halogens is 1. The Morgan fingerprint density at radius 1 is 1.29 bits per heavy atom. The number of nitriles is 1. The van der Waals surface area contributed by atoms with Crippen LogP contribution < -0.4 is 5.32 Å². The van der Waals surface area contributed by atoms with Crippen molar-refractivity contribution in [2.75, 3.05) is 0 Å². The summed E-state index contributed by atoms with van der Waals surface area (Å²) >= 11 is 0. The molecule has 0 saturated carbocycles. The number of hydrogen-bond donors (Lipinski definition) is 1. The van der Waals surface area contributed by atoms with Gasteiger partial charge in [-0.3, -0.25) is 5.32 Å². The lowest BCUT2D eigenvalue weighted by Gasteiger charge is -2.11. The van der Waals surface area contributed by atoms with E-state index in [4.69, 9.17) is 9.68 Å². The summed E-state index contributed by atoms with van der Waals surface area (Å²) < 4.78 is 18.6. The molecule has 86 valence electrons. The van der Waals surface area contributed by atoms with E-state index in [1.807, 2.05) is 6.07 Å². The second-order valence-corrected chi connectivity index (χ2v) is 3.54. The van der Waals surface area contributed by atoms with Gasteiger partial charge in [0, 0.05) is 5.56 Å². The van der Waals surface area contributed by atoms with Crippen LogP contribution in [0.1, 0.15) is 17.4 Å². The maximum absolute atomic E-state index is 13.5. The number of hydrogen-bond acceptors (Lipinski definition) is 3. The van der Waals surface area contributed by atoms with Crippen LogP contribution >= 0.6 is 0 Å². The highest BCUT2D eigenvalue weighted by Gasteiger charge is 2.14. The Hall–Kier alpha value is -2.12. The molecular weight excluding hydrogens is 219 g/mol. The van der Waals surface area contributed by atoms with E-state index in [0.717, 1.165) is 0 Å². The molecule has 3 nitrogen and oxygen atoms in total. The summed E-state index contributed by atoms with van der Waals surface area (Å²) in [6, 6.07) is 11.1. The molecule has 0 aliphatic carbocycles. The molecule has 0 fully saturated rings. The third-order valence-corrected chi connectivity index (χ3v) is 2.41. The standard InChI is InChI=1S/C13H11FN2O/c14-12-6-2-1-5-11(12)13(8-15)16-9-10-4-3-7-17-10/h1-7,13,16H,9H2. The van der Waals surface area contributed by atoms with Gasteiger partial charge in [0.2, 0.25) is 0 Å². The van der Waals surface area contributed by atoms with Gasteiger partial charge >= 0.3 is 0 Å². The summed E-state index contributed by atoms with van der Waals surface area (Å²) in [7, 11) is 0. The van der Waals surface area contributed by atoms with E-state index in [0.29, 0.717) is 17.9 Å². The highest BCUT2D eigenvalue weighted by Crippen LogP contribution is 2.16. The Morgan fingerprint density at radius 3 is 2.76 bits per heavy atom. The van der Waals surface area contributed by atoms with Crippen LogP contribution in [0, 0.1) is 17.1 Å². The average molecular weight is 230 g/mol. The van der Waals surface area contributed by atoms with E-state index in [1.165, 1.54) is 6.07 Å². The molecule has 0 aliphatic rings. The molecular formula is C13H11FN2O. The first kappa shape index (κ1) is 11.4. The van der Waals surface area contributed by atoms with Gasteiger partial charge in [-0.05, 0) is 18.2 Å². The van der Waals surface area contributed by atoms with E-state index in [9.17, 15) is 4.39 Å². The predicted octanol–water partition coefficient (Wildman–Crippen LogP) is 2.77. The van der Waals surface area contributed by atoms with Gasteiger partial charge in [0.05, 0.1) is 18.9 Å². The van der Waals surface area contributed by atoms with Crippen molar-refractivity contribution < 1.29 is 8.81 Å². The van der Waals surface area contributed by atoms with Crippen molar-refractivity contribution in [3.63, 3.8) is 0 Å². The number of benzene rings is 1. The molecule has 0 spiro atoms. The van der Waals surface area contributed by atoms with Gasteiger partial charge in [-0.1, -0.05) is 18.2 Å². The predicted molar refractivity (Wildman–Crippen MR) is 60.3 cm³/mol. The zero-order valence-electron chi connectivity index (χ0n) is 9.06. The van der Waals surface area contributed by atoms with E-state index in [1.54, 1.807) is 36.6 Å². The lowest BCUT2D eigenvalue weighted by atomic mass is 10.1. The summed E-state index contributed by atoms with van der Waals surface area (Å²) in [4.78, 5) is 0. The van der Waals surface area contributed by atoms with E-state index < -0.39 is 6.04 Å². The first-order valence-corrected chi connectivity index (χ1v) is 5.21. The molecule has 1 N–H and O–H groups in total. The molecule has 1 unspecified atom stereocenters. The summed E-state index contributed by atoms with van der Waals surface area (Å²) in [5.41, 5.74) is 0.349. The zero-order valence-corrected chi connectivity index (χ0v) is 9.06. The van der Waals surface area contributed by atoms with E-state index >= 15 is 0 Å². The molecule has 2 rings (SSSR count). The molecule has 1 atom stereocenters. The molecule has 0 radical (unpaired) electrons. The van der Waals surface area contributed by atoms with E-state index in [-0.39, 0.29) is 5.82 Å². The fourth-order valence-electron chi connectivity index (χ4n) is 1.55. The van der Waals surface area contributed by atoms with Crippen molar-refractivity contribution in [2.45, 2.75) is 12.6 Å². The number of nitrogens with zero attached hydrogens (tertiary/aromatic N) is 1. The topological polar surface area (TPSA) is 49.0 Å². The first-order chi connectivity index (χ1) is 8.31. The third kappa shape index (κ3) is 2.71. The SMILES string of the molecule is N#CC(NCc1ccco1)c1ccccc1F. The summed E-state index contributed by atoms with van der Waals surface area (Å²) in [6.07, 6.45) is 1.56. The fraction of sp³-hybridized carbons (Fsp3) is 0.154. The second kappa shape index (κ2) is 5.28. The molecule has 1 aromatic heterocycles. The van der Waals surface area contributed by atoms with Crippen LogP contribution in [0.4, 0.5) is 4.39 Å². The Balaban J connectivity index is 2.08. The van der Waals surface area contributed by atoms with E-state index in [2.05, 4.69) is 5.32 Å². The summed E-state index contributed by atoms with van der Waals surface area (Å²) in [6.45, 7) is 0.388. The monoisotopic (exact) mass is 230 g/mol. The second-order valence-electron chi connectivity index (χ2n) is 3.54. The van der Waals surface area contributed by atoms with Gasteiger partial charge in [0.1, 0.15) is 17.6 Å². The van der Waals surface area contributed by atoms with Crippen LogP contribution in [0.15, 0.2) is 47.1 Å². The van der Waals surface area contributed by atoms with Crippen molar-refractivity contribution in [1.82, 2.24) is 5.32 Å². The maximum atomic E-state index is 13.5. The molecule has 17 heavy (non-hydrogen) atoms. The van der Waals surface area contributed by atoms with Crippen LogP contribution in [0.2, 0.25) is 0 Å². The van der Waals surface area contributed by atoms with Gasteiger partial charge in [-0.2, -0.15) is 5.26 Å². The molecule has 1 aromatic carbocycles. The number of furan rings is 1. The van der Waals surface area contributed by atoms with Gasteiger partial charge in [-0.15, -0.1) is 0 Å². The number of rotatable bonds is 4. The molecule has 0 aliphatic heterocycles. The van der Waals surface area contributed by atoms with Crippen molar-refractivity contribution in [3.05, 3.63) is 59.8 Å². The van der Waals surface area contributed by atoms with Gasteiger partial charge in [-0.25, -0.2) is 4.39 Å². The van der Waals surface area contributed by atoms with Gasteiger partial charge < -0.3 is 4.42 Å². The summed E-state index contributed by atoms with van der Waals surface area (Å²) in [5.74, 6) is 0.326. The van der Waals surface area contributed by atoms with Gasteiger partial charge in [0.25, 0.3) is 0 Å². The highest BCUT2D eigenvalue weighted by atomic mass is 19.1. The molecule has 0 amide bonds. The Morgan fingerprint density at radius 2 is 2.12 bits per heavy atom. The fourth-order valence-corrected chi connectivity index (χ4v) is 1.55. The molecule has 1 heterocycles. The first-order valence-electron chi connectivity index (χ1n) is 5.21. The Kier molecular flexibility index (Phi) is 3.53. The minimum Gasteiger partial charge on any atom is -0.468 e. The minimum atomic E-state index is -0.679.